The third-order valence-corrected chi connectivity index (χ3v) is 10.3. The van der Waals surface area contributed by atoms with Crippen molar-refractivity contribution in [3.63, 3.8) is 0 Å². The molecule has 0 radical (unpaired) electrons. The number of nitrogen functional groups attached to an aromatic ring is 2. The molecule has 1 aliphatic carbocycles. The van der Waals surface area contributed by atoms with E-state index in [1.54, 1.807) is 0 Å². The molecule has 0 unspecified atom stereocenters. The zero-order chi connectivity index (χ0) is 35.5. The van der Waals surface area contributed by atoms with Crippen LogP contribution in [-0.4, -0.2) is 0 Å². The van der Waals surface area contributed by atoms with Crippen LogP contribution in [0.5, 0.6) is 23.0 Å². The highest BCUT2D eigenvalue weighted by atomic mass is 16.5. The molecule has 0 aliphatic heterocycles. The molecule has 258 valence electrons. The smallest absolute Gasteiger partial charge is 0.130 e. The number of benzene rings is 6. The van der Waals surface area contributed by atoms with Crippen LogP contribution in [0, 0.1) is 0 Å². The maximum atomic E-state index is 6.70. The quantitative estimate of drug-likeness (QED) is 0.127. The lowest BCUT2D eigenvalue weighted by Gasteiger charge is -2.35. The summed E-state index contributed by atoms with van der Waals surface area (Å²) in [5, 5.41) is 0. The molecule has 0 saturated heterocycles. The van der Waals surface area contributed by atoms with Crippen molar-refractivity contribution < 1.29 is 9.47 Å². The van der Waals surface area contributed by atoms with E-state index in [1.165, 1.54) is 33.4 Å². The monoisotopic (exact) mass is 672 g/mol. The molecule has 0 amide bonds. The van der Waals surface area contributed by atoms with Crippen molar-refractivity contribution in [3.8, 4) is 34.1 Å². The van der Waals surface area contributed by atoms with E-state index in [0.717, 1.165) is 95.2 Å². The van der Waals surface area contributed by atoms with Crippen molar-refractivity contribution in [2.24, 2.45) is 0 Å². The predicted octanol–water partition coefficient (Wildman–Crippen LogP) is 11.8. The van der Waals surface area contributed by atoms with Crippen molar-refractivity contribution in [2.75, 3.05) is 11.5 Å². The number of nitrogens with two attached hydrogens (primary N) is 2. The average molecular weight is 673 g/mol. The third-order valence-electron chi connectivity index (χ3n) is 10.3. The maximum Gasteiger partial charge on any atom is 0.130 e. The minimum Gasteiger partial charge on any atom is -0.457 e. The van der Waals surface area contributed by atoms with Gasteiger partial charge in [-0.15, -0.1) is 0 Å². The van der Waals surface area contributed by atoms with Crippen LogP contribution in [0.15, 0.2) is 121 Å². The summed E-state index contributed by atoms with van der Waals surface area (Å²) in [7, 11) is 0. The van der Waals surface area contributed by atoms with E-state index in [0.29, 0.717) is 0 Å². The summed E-state index contributed by atoms with van der Waals surface area (Å²) in [6, 6.07) is 43.3. The van der Waals surface area contributed by atoms with Crippen LogP contribution in [0.1, 0.15) is 85.0 Å². The SMILES string of the molecule is CCCc1cc(N)ccc1Oc1ccc(C2(c3ccc(Oc4ccc(N)cc4CCC)c(CC)c3)c3ccccc3-c3ccccc32)cc1CC. The average Bonchev–Trinajstić information content (AvgIpc) is 3.45. The molecule has 0 atom stereocenters. The highest BCUT2D eigenvalue weighted by Crippen LogP contribution is 2.57. The Morgan fingerprint density at radius 3 is 1.25 bits per heavy atom. The number of hydrogen-bond acceptors (Lipinski definition) is 4. The predicted molar refractivity (Wildman–Crippen MR) is 212 cm³/mol. The Labute approximate surface area is 303 Å². The van der Waals surface area contributed by atoms with Crippen LogP contribution in [0.25, 0.3) is 11.1 Å². The van der Waals surface area contributed by atoms with E-state index in [9.17, 15) is 0 Å². The second-order valence-electron chi connectivity index (χ2n) is 13.6. The fraction of sp³-hybridized carbons (Fsp3) is 0.234. The molecule has 6 aromatic carbocycles. The third kappa shape index (κ3) is 6.14. The molecule has 0 bridgehead atoms. The fourth-order valence-corrected chi connectivity index (χ4v) is 7.97. The number of fused-ring (bicyclic) bond motifs is 3. The highest BCUT2D eigenvalue weighted by Gasteiger charge is 2.46. The summed E-state index contributed by atoms with van der Waals surface area (Å²) in [5.41, 5.74) is 25.4. The summed E-state index contributed by atoms with van der Waals surface area (Å²) in [6.45, 7) is 8.77. The van der Waals surface area contributed by atoms with Crippen LogP contribution in [0.4, 0.5) is 11.4 Å². The zero-order valence-electron chi connectivity index (χ0n) is 30.3. The standard InChI is InChI=1S/C47H48N2O2/c1-5-13-33-29-37(48)21-25-45(33)50-43-23-19-35(27-31(43)7-3)47(41-17-11-9-15-39(41)40-16-10-12-18-42(40)47)36-20-24-44(32(8-4)28-36)51-46-26-22-38(49)30-34(46)14-6-2/h9-12,15-30H,5-8,13-14,48-49H2,1-4H3. The molecule has 0 aromatic heterocycles. The fourth-order valence-electron chi connectivity index (χ4n) is 7.97. The molecule has 4 heteroatoms. The Hall–Kier alpha value is -5.48. The lowest BCUT2D eigenvalue weighted by atomic mass is 9.67. The Kier molecular flexibility index (Phi) is 9.60. The van der Waals surface area contributed by atoms with Gasteiger partial charge in [0, 0.05) is 11.4 Å². The van der Waals surface area contributed by atoms with Gasteiger partial charge in [0.15, 0.2) is 0 Å². The second-order valence-corrected chi connectivity index (χ2v) is 13.6. The van der Waals surface area contributed by atoms with Crippen LogP contribution in [0.2, 0.25) is 0 Å². The first-order valence-corrected chi connectivity index (χ1v) is 18.5. The maximum absolute atomic E-state index is 6.70. The molecule has 1 aliphatic rings. The van der Waals surface area contributed by atoms with Gasteiger partial charge in [0.05, 0.1) is 5.41 Å². The van der Waals surface area contributed by atoms with Crippen LogP contribution in [-0.2, 0) is 31.1 Å². The van der Waals surface area contributed by atoms with Gasteiger partial charge in [-0.3, -0.25) is 0 Å². The summed E-state index contributed by atoms with van der Waals surface area (Å²) in [6.07, 6.45) is 5.52. The lowest BCUT2D eigenvalue weighted by Crippen LogP contribution is -2.29. The highest BCUT2D eigenvalue weighted by molar-refractivity contribution is 5.86. The number of ether oxygens (including phenoxy) is 2. The van der Waals surface area contributed by atoms with Gasteiger partial charge in [0.25, 0.3) is 0 Å². The van der Waals surface area contributed by atoms with Gasteiger partial charge in [-0.05, 0) is 130 Å². The van der Waals surface area contributed by atoms with Gasteiger partial charge >= 0.3 is 0 Å². The Bertz CT molecular complexity index is 2040. The molecule has 0 fully saturated rings. The van der Waals surface area contributed by atoms with E-state index < -0.39 is 5.41 Å². The first-order chi connectivity index (χ1) is 24.9. The van der Waals surface area contributed by atoms with Crippen LogP contribution < -0.4 is 20.9 Å². The molecule has 7 rings (SSSR count). The molecular weight excluding hydrogens is 625 g/mol. The topological polar surface area (TPSA) is 70.5 Å². The summed E-state index contributed by atoms with van der Waals surface area (Å²) in [5.74, 6) is 3.49. The van der Waals surface area contributed by atoms with E-state index in [4.69, 9.17) is 20.9 Å². The van der Waals surface area contributed by atoms with Gasteiger partial charge in [-0.25, -0.2) is 0 Å². The number of rotatable bonds is 12. The molecule has 0 saturated carbocycles. The largest absolute Gasteiger partial charge is 0.457 e. The Morgan fingerprint density at radius 2 is 0.843 bits per heavy atom. The molecule has 0 spiro atoms. The van der Waals surface area contributed by atoms with Crippen molar-refractivity contribution in [2.45, 2.75) is 71.6 Å². The van der Waals surface area contributed by atoms with Gasteiger partial charge in [-0.1, -0.05) is 113 Å². The molecule has 51 heavy (non-hydrogen) atoms. The Morgan fingerprint density at radius 1 is 0.451 bits per heavy atom. The minimum absolute atomic E-state index is 0.540. The number of hydrogen-bond donors (Lipinski definition) is 2. The van der Waals surface area contributed by atoms with Gasteiger partial charge < -0.3 is 20.9 Å². The lowest BCUT2D eigenvalue weighted by molar-refractivity contribution is 0.469. The van der Waals surface area contributed by atoms with Crippen LogP contribution in [0.3, 0.4) is 0 Å². The van der Waals surface area contributed by atoms with E-state index in [-0.39, 0.29) is 0 Å². The van der Waals surface area contributed by atoms with Gasteiger partial charge in [0.2, 0.25) is 0 Å². The minimum atomic E-state index is -0.540. The molecular formula is C47H48N2O2. The van der Waals surface area contributed by atoms with E-state index in [2.05, 4.69) is 113 Å². The van der Waals surface area contributed by atoms with Crippen molar-refractivity contribution in [1.29, 1.82) is 0 Å². The number of aryl methyl sites for hydroxylation is 4. The zero-order valence-corrected chi connectivity index (χ0v) is 30.3. The first kappa shape index (κ1) is 34.0. The van der Waals surface area contributed by atoms with Crippen molar-refractivity contribution in [1.82, 2.24) is 0 Å². The molecule has 6 aromatic rings. The van der Waals surface area contributed by atoms with Crippen LogP contribution >= 0.6 is 0 Å². The van der Waals surface area contributed by atoms with E-state index in [1.807, 2.05) is 36.4 Å². The summed E-state index contributed by atoms with van der Waals surface area (Å²) >= 11 is 0. The Balaban J connectivity index is 1.40. The normalized spacial score (nSPS) is 12.7. The van der Waals surface area contributed by atoms with Crippen molar-refractivity contribution in [3.05, 3.63) is 166 Å². The summed E-state index contributed by atoms with van der Waals surface area (Å²) in [4.78, 5) is 0. The number of anilines is 2. The van der Waals surface area contributed by atoms with E-state index >= 15 is 0 Å². The van der Waals surface area contributed by atoms with Gasteiger partial charge in [0.1, 0.15) is 23.0 Å². The molecule has 4 nitrogen and oxygen atoms in total. The van der Waals surface area contributed by atoms with Gasteiger partial charge in [-0.2, -0.15) is 0 Å². The summed E-state index contributed by atoms with van der Waals surface area (Å²) < 4.78 is 13.4. The molecule has 0 heterocycles. The second kappa shape index (κ2) is 14.4. The van der Waals surface area contributed by atoms with Crippen molar-refractivity contribution >= 4 is 11.4 Å². The first-order valence-electron chi connectivity index (χ1n) is 18.5. The molecule has 4 N–H and O–H groups in total.